The lowest BCUT2D eigenvalue weighted by Gasteiger charge is -2.32. The maximum Gasteiger partial charge on any atom is 0.264 e. The van der Waals surface area contributed by atoms with E-state index < -0.39 is 28.5 Å². The van der Waals surface area contributed by atoms with Crippen LogP contribution in [-0.2, 0) is 26.2 Å². The Morgan fingerprint density at radius 2 is 1.64 bits per heavy atom. The minimum Gasteiger partial charge on any atom is -0.354 e. The molecule has 1 atom stereocenters. The second-order valence-electron chi connectivity index (χ2n) is 9.61. The van der Waals surface area contributed by atoms with E-state index in [2.05, 4.69) is 5.32 Å². The maximum absolute atomic E-state index is 13.9. The molecular formula is C30H36ClN3O4S. The first-order valence-corrected chi connectivity index (χ1v) is 14.8. The smallest absolute Gasteiger partial charge is 0.264 e. The predicted molar refractivity (Wildman–Crippen MR) is 156 cm³/mol. The lowest BCUT2D eigenvalue weighted by Crippen LogP contribution is -2.51. The number of hydrogen-bond acceptors (Lipinski definition) is 4. The fourth-order valence-corrected chi connectivity index (χ4v) is 5.85. The Labute approximate surface area is 236 Å². The van der Waals surface area contributed by atoms with Gasteiger partial charge >= 0.3 is 0 Å². The standard InChI is InChI=1S/C30H36ClN3O4S/c1-5-6-18-32-30(36)24(4)33(20-25-11-9-10-23(3)19-25)29(35)21-34(28-13-8-7-12-27(28)31)39(37,38)26-16-14-22(2)15-17-26/h7-17,19,24H,5-6,18,20-21H2,1-4H3,(H,32,36). The molecule has 9 heteroatoms. The minimum atomic E-state index is -4.16. The first-order chi connectivity index (χ1) is 18.5. The van der Waals surface area contributed by atoms with Gasteiger partial charge in [0.2, 0.25) is 11.8 Å². The molecule has 1 unspecified atom stereocenters. The van der Waals surface area contributed by atoms with Crippen LogP contribution in [0.1, 0.15) is 43.4 Å². The van der Waals surface area contributed by atoms with E-state index in [-0.39, 0.29) is 28.1 Å². The number of benzene rings is 3. The molecule has 0 fully saturated rings. The largest absolute Gasteiger partial charge is 0.354 e. The van der Waals surface area contributed by atoms with E-state index in [0.717, 1.165) is 33.8 Å². The van der Waals surface area contributed by atoms with Gasteiger partial charge in [0, 0.05) is 13.1 Å². The highest BCUT2D eigenvalue weighted by Gasteiger charge is 2.33. The molecule has 0 aliphatic carbocycles. The van der Waals surface area contributed by atoms with Crippen molar-refractivity contribution in [2.45, 2.75) is 58.0 Å². The lowest BCUT2D eigenvalue weighted by molar-refractivity contribution is -0.139. The summed E-state index contributed by atoms with van der Waals surface area (Å²) in [6, 6.07) is 19.7. The number of aryl methyl sites for hydroxylation is 2. The zero-order valence-corrected chi connectivity index (χ0v) is 24.4. The number of rotatable bonds is 12. The Balaban J connectivity index is 2.01. The van der Waals surface area contributed by atoms with E-state index in [4.69, 9.17) is 11.6 Å². The lowest BCUT2D eigenvalue weighted by atomic mass is 10.1. The van der Waals surface area contributed by atoms with Gasteiger partial charge in [0.1, 0.15) is 12.6 Å². The van der Waals surface area contributed by atoms with E-state index in [1.807, 2.05) is 45.0 Å². The first-order valence-electron chi connectivity index (χ1n) is 13.0. The van der Waals surface area contributed by atoms with Crippen LogP contribution in [0.25, 0.3) is 0 Å². The van der Waals surface area contributed by atoms with Crippen molar-refractivity contribution >= 4 is 39.1 Å². The Bertz CT molecular complexity index is 1390. The number of carbonyl (C=O) groups is 2. The van der Waals surface area contributed by atoms with Crippen molar-refractivity contribution in [1.29, 1.82) is 0 Å². The molecule has 0 aromatic heterocycles. The molecule has 0 saturated heterocycles. The number of hydrogen-bond donors (Lipinski definition) is 1. The van der Waals surface area contributed by atoms with Crippen LogP contribution in [0, 0.1) is 13.8 Å². The van der Waals surface area contributed by atoms with Gasteiger partial charge in [-0.1, -0.05) is 84.6 Å². The minimum absolute atomic E-state index is 0.0383. The fraction of sp³-hybridized carbons (Fsp3) is 0.333. The Morgan fingerprint density at radius 1 is 0.949 bits per heavy atom. The summed E-state index contributed by atoms with van der Waals surface area (Å²) >= 11 is 6.44. The van der Waals surface area contributed by atoms with Crippen LogP contribution in [0.15, 0.2) is 77.7 Å². The molecule has 0 heterocycles. The Morgan fingerprint density at radius 3 is 2.28 bits per heavy atom. The number of halogens is 1. The zero-order chi connectivity index (χ0) is 28.6. The zero-order valence-electron chi connectivity index (χ0n) is 22.9. The molecule has 3 rings (SSSR count). The van der Waals surface area contributed by atoms with E-state index >= 15 is 0 Å². The van der Waals surface area contributed by atoms with Crippen molar-refractivity contribution in [2.75, 3.05) is 17.4 Å². The normalized spacial score (nSPS) is 12.0. The number of carbonyl (C=O) groups excluding carboxylic acids is 2. The summed E-state index contributed by atoms with van der Waals surface area (Å²) in [5.41, 5.74) is 2.94. The molecule has 3 aromatic rings. The molecule has 1 N–H and O–H groups in total. The number of nitrogens with zero attached hydrogens (tertiary/aromatic N) is 2. The number of nitrogens with one attached hydrogen (secondary N) is 1. The number of unbranched alkanes of at least 4 members (excludes halogenated alkanes) is 1. The van der Waals surface area contributed by atoms with Crippen LogP contribution < -0.4 is 9.62 Å². The van der Waals surface area contributed by atoms with Crippen molar-refractivity contribution in [3.63, 3.8) is 0 Å². The van der Waals surface area contributed by atoms with Crippen molar-refractivity contribution < 1.29 is 18.0 Å². The van der Waals surface area contributed by atoms with Crippen LogP contribution in [0.4, 0.5) is 5.69 Å². The average Bonchev–Trinajstić information content (AvgIpc) is 2.90. The molecule has 2 amide bonds. The van der Waals surface area contributed by atoms with Crippen LogP contribution in [0.2, 0.25) is 5.02 Å². The summed E-state index contributed by atoms with van der Waals surface area (Å²) in [5.74, 6) is -0.819. The highest BCUT2D eigenvalue weighted by molar-refractivity contribution is 7.92. The van der Waals surface area contributed by atoms with Crippen LogP contribution in [0.5, 0.6) is 0 Å². The first kappa shape index (κ1) is 30.2. The van der Waals surface area contributed by atoms with E-state index in [9.17, 15) is 18.0 Å². The molecule has 7 nitrogen and oxygen atoms in total. The molecule has 0 aliphatic heterocycles. The molecule has 0 aliphatic rings. The third kappa shape index (κ3) is 7.83. The van der Waals surface area contributed by atoms with Gasteiger partial charge in [-0.2, -0.15) is 0 Å². The Kier molecular flexibility index (Phi) is 10.5. The van der Waals surface area contributed by atoms with Gasteiger partial charge in [-0.25, -0.2) is 8.42 Å². The van der Waals surface area contributed by atoms with Gasteiger partial charge in [0.05, 0.1) is 15.6 Å². The number of amides is 2. The highest BCUT2D eigenvalue weighted by Crippen LogP contribution is 2.31. The summed E-state index contributed by atoms with van der Waals surface area (Å²) in [4.78, 5) is 28.4. The van der Waals surface area contributed by atoms with Gasteiger partial charge in [0.25, 0.3) is 10.0 Å². The molecule has 0 saturated carbocycles. The topological polar surface area (TPSA) is 86.8 Å². The SMILES string of the molecule is CCCCNC(=O)C(C)N(Cc1cccc(C)c1)C(=O)CN(c1ccccc1Cl)S(=O)(=O)c1ccc(C)cc1. The molecule has 3 aromatic carbocycles. The average molecular weight is 570 g/mol. The second kappa shape index (κ2) is 13.6. The summed E-state index contributed by atoms with van der Waals surface area (Å²) in [5, 5.41) is 3.08. The molecule has 0 radical (unpaired) electrons. The van der Waals surface area contributed by atoms with Crippen LogP contribution in [-0.4, -0.2) is 44.3 Å². The van der Waals surface area contributed by atoms with E-state index in [1.165, 1.54) is 17.0 Å². The van der Waals surface area contributed by atoms with Gasteiger partial charge in [-0.05, 0) is 57.0 Å². The van der Waals surface area contributed by atoms with Gasteiger partial charge in [-0.15, -0.1) is 0 Å². The third-order valence-electron chi connectivity index (χ3n) is 6.44. The van der Waals surface area contributed by atoms with E-state index in [0.29, 0.717) is 6.54 Å². The van der Waals surface area contributed by atoms with Crippen molar-refractivity contribution in [2.24, 2.45) is 0 Å². The summed E-state index contributed by atoms with van der Waals surface area (Å²) in [6.07, 6.45) is 1.74. The summed E-state index contributed by atoms with van der Waals surface area (Å²) in [6.45, 7) is 7.61. The molecule has 208 valence electrons. The predicted octanol–water partition coefficient (Wildman–Crippen LogP) is 5.49. The van der Waals surface area contributed by atoms with Crippen LogP contribution in [0.3, 0.4) is 0 Å². The quantitative estimate of drug-likeness (QED) is 0.292. The van der Waals surface area contributed by atoms with E-state index in [1.54, 1.807) is 43.3 Å². The van der Waals surface area contributed by atoms with Gasteiger partial charge < -0.3 is 10.2 Å². The second-order valence-corrected chi connectivity index (χ2v) is 11.9. The van der Waals surface area contributed by atoms with Crippen LogP contribution >= 0.6 is 11.6 Å². The number of sulfonamides is 1. The van der Waals surface area contributed by atoms with Crippen molar-refractivity contribution in [1.82, 2.24) is 10.2 Å². The summed E-state index contributed by atoms with van der Waals surface area (Å²) < 4.78 is 28.7. The van der Waals surface area contributed by atoms with Gasteiger partial charge in [0.15, 0.2) is 0 Å². The monoisotopic (exact) mass is 569 g/mol. The number of para-hydroxylation sites is 1. The molecule has 0 spiro atoms. The molecular weight excluding hydrogens is 534 g/mol. The van der Waals surface area contributed by atoms with Crippen molar-refractivity contribution in [3.05, 3.63) is 94.5 Å². The van der Waals surface area contributed by atoms with Crippen molar-refractivity contribution in [3.8, 4) is 0 Å². The van der Waals surface area contributed by atoms with Gasteiger partial charge in [-0.3, -0.25) is 13.9 Å². The summed E-state index contributed by atoms with van der Waals surface area (Å²) in [7, 11) is -4.16. The molecule has 39 heavy (non-hydrogen) atoms. The fourth-order valence-electron chi connectivity index (χ4n) is 4.13. The third-order valence-corrected chi connectivity index (χ3v) is 8.53. The maximum atomic E-state index is 13.9. The molecule has 0 bridgehead atoms. The highest BCUT2D eigenvalue weighted by atomic mass is 35.5. The number of anilines is 1. The Hall–Kier alpha value is -3.36.